The smallest absolute Gasteiger partial charge is 0.191 e. The average molecular weight is 549 g/mol. The molecule has 1 saturated heterocycles. The van der Waals surface area contributed by atoms with Crippen LogP contribution in [0.25, 0.3) is 0 Å². The topological polar surface area (TPSA) is 78.4 Å². The number of aliphatic imine (C=N–C) groups is 1. The van der Waals surface area contributed by atoms with Crippen molar-refractivity contribution < 1.29 is 14.6 Å². The number of benzene rings is 1. The number of nitrogens with zero attached hydrogens (tertiary/aromatic N) is 2. The number of aliphatic hydroxyl groups excluding tert-OH is 1. The van der Waals surface area contributed by atoms with Crippen LogP contribution < -0.4 is 15.4 Å². The highest BCUT2D eigenvalue weighted by Gasteiger charge is 2.21. The van der Waals surface area contributed by atoms with E-state index in [1.165, 1.54) is 0 Å². The van der Waals surface area contributed by atoms with Gasteiger partial charge in [0.15, 0.2) is 5.96 Å². The summed E-state index contributed by atoms with van der Waals surface area (Å²) in [5.74, 6) is 2.10. The summed E-state index contributed by atoms with van der Waals surface area (Å²) in [6.07, 6.45) is -0.460. The van der Waals surface area contributed by atoms with E-state index in [2.05, 4.69) is 34.4 Å². The van der Waals surface area contributed by atoms with Gasteiger partial charge in [-0.2, -0.15) is 0 Å². The molecule has 2 unspecified atom stereocenters. The van der Waals surface area contributed by atoms with Gasteiger partial charge in [-0.3, -0.25) is 9.89 Å². The van der Waals surface area contributed by atoms with Gasteiger partial charge in [0.2, 0.25) is 0 Å². The zero-order valence-electron chi connectivity index (χ0n) is 19.6. The molecule has 8 heteroatoms. The summed E-state index contributed by atoms with van der Waals surface area (Å²) >= 11 is 0. The van der Waals surface area contributed by atoms with E-state index in [1.807, 2.05) is 45.0 Å². The van der Waals surface area contributed by atoms with Crippen LogP contribution in [-0.2, 0) is 4.74 Å². The van der Waals surface area contributed by atoms with Crippen LogP contribution in [0, 0.1) is 5.92 Å². The summed E-state index contributed by atoms with van der Waals surface area (Å²) in [4.78, 5) is 7.03. The Balaban J connectivity index is 0.00000480. The number of guanidine groups is 1. The molecule has 1 aliphatic rings. The number of morpholine rings is 1. The predicted octanol–water partition coefficient (Wildman–Crippen LogP) is 3.04. The highest BCUT2D eigenvalue weighted by molar-refractivity contribution is 14.0. The molecule has 2 atom stereocenters. The maximum absolute atomic E-state index is 10.6. The summed E-state index contributed by atoms with van der Waals surface area (Å²) in [7, 11) is 0. The number of halogens is 1. The van der Waals surface area contributed by atoms with Crippen LogP contribution in [0.1, 0.15) is 46.3 Å². The first-order chi connectivity index (χ1) is 14.4. The molecule has 7 nitrogen and oxygen atoms in total. The Bertz CT molecular complexity index is 657. The van der Waals surface area contributed by atoms with Crippen molar-refractivity contribution >= 4 is 29.9 Å². The molecule has 1 aromatic rings. The fourth-order valence-electron chi connectivity index (χ4n) is 3.49. The second kappa shape index (κ2) is 14.9. The van der Waals surface area contributed by atoms with Crippen LogP contribution >= 0.6 is 24.0 Å². The maximum Gasteiger partial charge on any atom is 0.191 e. The molecule has 0 saturated carbocycles. The summed E-state index contributed by atoms with van der Waals surface area (Å²) in [5, 5.41) is 17.2. The third-order valence-electron chi connectivity index (χ3n) is 4.72. The van der Waals surface area contributed by atoms with Crippen molar-refractivity contribution in [3.05, 3.63) is 29.8 Å². The van der Waals surface area contributed by atoms with E-state index in [1.54, 1.807) is 0 Å². The van der Waals surface area contributed by atoms with Gasteiger partial charge in [0, 0.05) is 32.7 Å². The molecule has 1 heterocycles. The van der Waals surface area contributed by atoms with Crippen LogP contribution in [0.5, 0.6) is 5.75 Å². The van der Waals surface area contributed by atoms with E-state index in [4.69, 9.17) is 9.47 Å². The van der Waals surface area contributed by atoms with E-state index >= 15 is 0 Å². The Morgan fingerprint density at radius 1 is 1.29 bits per heavy atom. The molecule has 1 fully saturated rings. The summed E-state index contributed by atoms with van der Waals surface area (Å²) < 4.78 is 11.6. The van der Waals surface area contributed by atoms with E-state index < -0.39 is 6.10 Å². The van der Waals surface area contributed by atoms with Crippen LogP contribution in [0.3, 0.4) is 0 Å². The zero-order valence-corrected chi connectivity index (χ0v) is 22.0. The lowest BCUT2D eigenvalue weighted by atomic mass is 10.1. The highest BCUT2D eigenvalue weighted by Crippen LogP contribution is 2.20. The van der Waals surface area contributed by atoms with Crippen molar-refractivity contribution in [2.24, 2.45) is 10.9 Å². The summed E-state index contributed by atoms with van der Waals surface area (Å²) in [5.41, 5.74) is 0.799. The minimum absolute atomic E-state index is 0. The molecule has 2 rings (SSSR count). The van der Waals surface area contributed by atoms with Crippen molar-refractivity contribution in [1.82, 2.24) is 15.5 Å². The lowest BCUT2D eigenvalue weighted by Gasteiger charge is -2.34. The van der Waals surface area contributed by atoms with Gasteiger partial charge in [0.05, 0.1) is 31.5 Å². The van der Waals surface area contributed by atoms with Gasteiger partial charge in [-0.1, -0.05) is 26.0 Å². The van der Waals surface area contributed by atoms with Crippen molar-refractivity contribution in [1.29, 1.82) is 0 Å². The first-order valence-electron chi connectivity index (χ1n) is 11.2. The molecule has 0 radical (unpaired) electrons. The predicted molar refractivity (Wildman–Crippen MR) is 138 cm³/mol. The number of ether oxygens (including phenoxy) is 2. The van der Waals surface area contributed by atoms with Crippen molar-refractivity contribution in [3.8, 4) is 5.75 Å². The molecule has 1 aliphatic heterocycles. The molecule has 0 aromatic heterocycles. The second-order valence-corrected chi connectivity index (χ2v) is 8.50. The number of hydrogen-bond acceptors (Lipinski definition) is 5. The van der Waals surface area contributed by atoms with Crippen molar-refractivity contribution in [3.63, 3.8) is 0 Å². The molecule has 0 aliphatic carbocycles. The van der Waals surface area contributed by atoms with Gasteiger partial charge in [-0.15, -0.1) is 24.0 Å². The van der Waals surface area contributed by atoms with E-state index in [-0.39, 0.29) is 42.7 Å². The summed E-state index contributed by atoms with van der Waals surface area (Å²) in [6, 6.07) is 7.57. The van der Waals surface area contributed by atoms with Gasteiger partial charge < -0.3 is 25.2 Å². The van der Waals surface area contributed by atoms with Gasteiger partial charge in [0.25, 0.3) is 0 Å². The van der Waals surface area contributed by atoms with Crippen LogP contribution in [-0.4, -0.2) is 74.0 Å². The first kappa shape index (κ1) is 27.9. The van der Waals surface area contributed by atoms with E-state index in [0.29, 0.717) is 18.4 Å². The Morgan fingerprint density at radius 3 is 2.74 bits per heavy atom. The van der Waals surface area contributed by atoms with Gasteiger partial charge in [-0.05, 0) is 44.4 Å². The number of rotatable bonds is 10. The lowest BCUT2D eigenvalue weighted by Crippen LogP contribution is -2.50. The average Bonchev–Trinajstić information content (AvgIpc) is 2.69. The molecular formula is C23H41IN4O3. The van der Waals surface area contributed by atoms with Crippen LogP contribution in [0.2, 0.25) is 0 Å². The van der Waals surface area contributed by atoms with Crippen molar-refractivity contribution in [2.45, 2.75) is 52.9 Å². The first-order valence-corrected chi connectivity index (χ1v) is 11.2. The van der Waals surface area contributed by atoms with E-state index in [9.17, 15) is 5.11 Å². The molecule has 1 aromatic carbocycles. The monoisotopic (exact) mass is 548 g/mol. The molecule has 178 valence electrons. The van der Waals surface area contributed by atoms with Gasteiger partial charge in [0.1, 0.15) is 5.75 Å². The zero-order chi connectivity index (χ0) is 21.9. The Kier molecular flexibility index (Phi) is 13.4. The minimum atomic E-state index is -0.691. The summed E-state index contributed by atoms with van der Waals surface area (Å²) in [6.45, 7) is 16.0. The molecule has 3 N–H and O–H groups in total. The second-order valence-electron chi connectivity index (χ2n) is 8.50. The Labute approximate surface area is 205 Å². The fourth-order valence-corrected chi connectivity index (χ4v) is 3.49. The lowest BCUT2D eigenvalue weighted by molar-refractivity contribution is -0.0284. The third-order valence-corrected chi connectivity index (χ3v) is 4.72. The molecule has 0 amide bonds. The Hall–Kier alpha value is -1.10. The van der Waals surface area contributed by atoms with Crippen molar-refractivity contribution in [2.75, 3.05) is 45.9 Å². The number of hydrogen-bond donors (Lipinski definition) is 3. The largest absolute Gasteiger partial charge is 0.491 e. The third kappa shape index (κ3) is 10.9. The number of aliphatic hydroxyl groups is 1. The number of nitrogens with one attached hydrogen (secondary N) is 2. The minimum Gasteiger partial charge on any atom is -0.491 e. The molecule has 31 heavy (non-hydrogen) atoms. The standard InChI is InChI=1S/C23H40N4O3.HI/c1-6-24-23(25-13-21-16-27(10-11-29-21)15-17(2)3)26-14-22(28)19-8-7-9-20(12-19)30-18(4)5;/h7-9,12,17-18,21-22,28H,6,10-11,13-16H2,1-5H3,(H2,24,25,26);1H. The maximum atomic E-state index is 10.6. The molecule has 0 spiro atoms. The quantitative estimate of drug-likeness (QED) is 0.237. The van der Waals surface area contributed by atoms with Gasteiger partial charge >= 0.3 is 0 Å². The SMILES string of the molecule is CCNC(=NCC(O)c1cccc(OC(C)C)c1)NCC1CN(CC(C)C)CCO1.I. The van der Waals surface area contributed by atoms with Crippen LogP contribution in [0.4, 0.5) is 0 Å². The van der Waals surface area contributed by atoms with Gasteiger partial charge in [-0.25, -0.2) is 0 Å². The molecule has 0 bridgehead atoms. The van der Waals surface area contributed by atoms with Crippen LogP contribution in [0.15, 0.2) is 29.3 Å². The normalized spacial score (nSPS) is 18.6. The fraction of sp³-hybridized carbons (Fsp3) is 0.696. The van der Waals surface area contributed by atoms with E-state index in [0.717, 1.165) is 44.1 Å². The molecular weight excluding hydrogens is 507 g/mol. The highest BCUT2D eigenvalue weighted by atomic mass is 127. The Morgan fingerprint density at radius 2 is 2.06 bits per heavy atom.